The lowest BCUT2D eigenvalue weighted by Gasteiger charge is -2.13. The normalized spacial score (nSPS) is 10.8. The maximum atomic E-state index is 4.71. The highest BCUT2D eigenvalue weighted by molar-refractivity contribution is 5.61. The average Bonchev–Trinajstić information content (AvgIpc) is 2.74. The molecule has 2 heterocycles. The lowest BCUT2D eigenvalue weighted by molar-refractivity contribution is 0.756. The summed E-state index contributed by atoms with van der Waals surface area (Å²) in [7, 11) is 1.92. The first-order valence-corrected chi connectivity index (χ1v) is 7.18. The molecule has 20 heavy (non-hydrogen) atoms. The van der Waals surface area contributed by atoms with Gasteiger partial charge in [-0.3, -0.25) is 4.68 Å². The van der Waals surface area contributed by atoms with Gasteiger partial charge in [0, 0.05) is 31.0 Å². The van der Waals surface area contributed by atoms with Gasteiger partial charge >= 0.3 is 0 Å². The van der Waals surface area contributed by atoms with Gasteiger partial charge in [-0.25, -0.2) is 9.97 Å². The monoisotopic (exact) mass is 273 g/mol. The first-order chi connectivity index (χ1) is 9.56. The van der Waals surface area contributed by atoms with E-state index < -0.39 is 0 Å². The van der Waals surface area contributed by atoms with E-state index in [0.717, 1.165) is 48.0 Å². The van der Waals surface area contributed by atoms with E-state index in [9.17, 15) is 0 Å². The second-order valence-corrected chi connectivity index (χ2v) is 5.04. The minimum absolute atomic E-state index is 0.754. The van der Waals surface area contributed by atoms with Crippen molar-refractivity contribution < 1.29 is 0 Å². The van der Waals surface area contributed by atoms with Crippen molar-refractivity contribution in [2.45, 2.75) is 40.5 Å². The third-order valence-corrected chi connectivity index (χ3v) is 3.36. The van der Waals surface area contributed by atoms with Crippen LogP contribution in [0, 0.1) is 13.8 Å². The zero-order chi connectivity index (χ0) is 14.7. The van der Waals surface area contributed by atoms with Gasteiger partial charge in [0.15, 0.2) is 5.82 Å². The van der Waals surface area contributed by atoms with Gasteiger partial charge in [0.25, 0.3) is 0 Å². The molecule has 0 aliphatic rings. The number of aromatic nitrogens is 4. The van der Waals surface area contributed by atoms with Gasteiger partial charge in [0.05, 0.1) is 11.3 Å². The van der Waals surface area contributed by atoms with E-state index in [2.05, 4.69) is 29.2 Å². The van der Waals surface area contributed by atoms with Crippen LogP contribution in [0.5, 0.6) is 0 Å². The maximum absolute atomic E-state index is 4.71. The molecule has 0 bridgehead atoms. The Morgan fingerprint density at radius 1 is 1.15 bits per heavy atom. The van der Waals surface area contributed by atoms with E-state index in [1.54, 1.807) is 4.68 Å². The summed E-state index contributed by atoms with van der Waals surface area (Å²) in [5.41, 5.74) is 4.19. The van der Waals surface area contributed by atoms with E-state index in [0.29, 0.717) is 0 Å². The molecule has 0 saturated carbocycles. The molecule has 108 valence electrons. The van der Waals surface area contributed by atoms with Crippen LogP contribution in [0.4, 0.5) is 5.82 Å². The Hall–Kier alpha value is -1.91. The number of anilines is 1. The Balaban J connectivity index is 2.49. The molecular weight excluding hydrogens is 250 g/mol. The van der Waals surface area contributed by atoms with Crippen LogP contribution in [0.3, 0.4) is 0 Å². The summed E-state index contributed by atoms with van der Waals surface area (Å²) in [6.07, 6.45) is 3.98. The lowest BCUT2D eigenvalue weighted by Crippen LogP contribution is -2.09. The van der Waals surface area contributed by atoms with Crippen LogP contribution in [0.1, 0.15) is 37.2 Å². The molecule has 0 fully saturated rings. The summed E-state index contributed by atoms with van der Waals surface area (Å²) in [6, 6.07) is 0. The average molecular weight is 273 g/mol. The van der Waals surface area contributed by atoms with E-state index in [4.69, 9.17) is 4.98 Å². The predicted octanol–water partition coefficient (Wildman–Crippen LogP) is 2.88. The summed E-state index contributed by atoms with van der Waals surface area (Å²) >= 11 is 0. The highest BCUT2D eigenvalue weighted by Gasteiger charge is 2.14. The minimum atomic E-state index is 0.754. The fourth-order valence-corrected chi connectivity index (χ4v) is 2.35. The van der Waals surface area contributed by atoms with Gasteiger partial charge in [-0.1, -0.05) is 13.8 Å². The molecule has 5 heteroatoms. The van der Waals surface area contributed by atoms with Gasteiger partial charge in [-0.05, 0) is 26.7 Å². The van der Waals surface area contributed by atoms with Gasteiger partial charge in [0.1, 0.15) is 5.82 Å². The number of rotatable bonds is 5. The summed E-state index contributed by atoms with van der Waals surface area (Å²) in [6.45, 7) is 9.25. The van der Waals surface area contributed by atoms with Crippen LogP contribution in [0.2, 0.25) is 0 Å². The minimum Gasteiger partial charge on any atom is -0.370 e. The Morgan fingerprint density at radius 3 is 2.45 bits per heavy atom. The van der Waals surface area contributed by atoms with Crippen molar-refractivity contribution in [3.05, 3.63) is 23.1 Å². The summed E-state index contributed by atoms with van der Waals surface area (Å²) in [4.78, 5) is 9.36. The van der Waals surface area contributed by atoms with Crippen molar-refractivity contribution in [3.8, 4) is 11.4 Å². The Bertz CT molecular complexity index is 601. The van der Waals surface area contributed by atoms with Crippen molar-refractivity contribution in [1.29, 1.82) is 0 Å². The highest BCUT2D eigenvalue weighted by Crippen LogP contribution is 2.24. The molecule has 2 aromatic rings. The van der Waals surface area contributed by atoms with Crippen molar-refractivity contribution in [3.63, 3.8) is 0 Å². The van der Waals surface area contributed by atoms with Crippen LogP contribution in [-0.4, -0.2) is 26.3 Å². The number of aryl methyl sites for hydroxylation is 3. The van der Waals surface area contributed by atoms with E-state index in [-0.39, 0.29) is 0 Å². The standard InChI is InChI=1S/C15H23N5/c1-6-8-16-14-12(7-2)10(3)17-15(18-14)13-9-20(5)19-11(13)4/h9H,6-8H2,1-5H3,(H,16,17,18). The first-order valence-electron chi connectivity index (χ1n) is 7.18. The van der Waals surface area contributed by atoms with Gasteiger partial charge < -0.3 is 5.32 Å². The Kier molecular flexibility index (Phi) is 4.37. The molecule has 2 rings (SSSR count). The molecule has 5 nitrogen and oxygen atoms in total. The largest absolute Gasteiger partial charge is 0.370 e. The van der Waals surface area contributed by atoms with Crippen molar-refractivity contribution >= 4 is 5.82 Å². The van der Waals surface area contributed by atoms with Gasteiger partial charge in [-0.2, -0.15) is 5.10 Å². The topological polar surface area (TPSA) is 55.6 Å². The third kappa shape index (κ3) is 2.81. The molecule has 0 aliphatic carbocycles. The molecule has 1 N–H and O–H groups in total. The van der Waals surface area contributed by atoms with Crippen LogP contribution in [0.15, 0.2) is 6.20 Å². The number of nitrogens with one attached hydrogen (secondary N) is 1. The van der Waals surface area contributed by atoms with E-state index >= 15 is 0 Å². The summed E-state index contributed by atoms with van der Waals surface area (Å²) in [5.74, 6) is 1.71. The fourth-order valence-electron chi connectivity index (χ4n) is 2.35. The Labute approximate surface area is 120 Å². The highest BCUT2D eigenvalue weighted by atomic mass is 15.3. The van der Waals surface area contributed by atoms with Crippen molar-refractivity contribution in [1.82, 2.24) is 19.7 Å². The molecule has 0 aromatic carbocycles. The fraction of sp³-hybridized carbons (Fsp3) is 0.533. The van der Waals surface area contributed by atoms with Gasteiger partial charge in [0.2, 0.25) is 0 Å². The molecule has 0 atom stereocenters. The van der Waals surface area contributed by atoms with Crippen LogP contribution in [0.25, 0.3) is 11.4 Å². The zero-order valence-electron chi connectivity index (χ0n) is 13.0. The number of hydrogen-bond donors (Lipinski definition) is 1. The Morgan fingerprint density at radius 2 is 1.90 bits per heavy atom. The number of hydrogen-bond acceptors (Lipinski definition) is 4. The first kappa shape index (κ1) is 14.5. The zero-order valence-corrected chi connectivity index (χ0v) is 13.0. The molecule has 0 saturated heterocycles. The third-order valence-electron chi connectivity index (χ3n) is 3.36. The molecular formula is C15H23N5. The van der Waals surface area contributed by atoms with Crippen molar-refractivity contribution in [2.75, 3.05) is 11.9 Å². The molecule has 0 amide bonds. The van der Waals surface area contributed by atoms with Crippen LogP contribution in [-0.2, 0) is 13.5 Å². The molecule has 0 radical (unpaired) electrons. The maximum Gasteiger partial charge on any atom is 0.165 e. The molecule has 2 aromatic heterocycles. The van der Waals surface area contributed by atoms with E-state index in [1.165, 1.54) is 5.56 Å². The second kappa shape index (κ2) is 6.03. The molecule has 0 aliphatic heterocycles. The number of nitrogens with zero attached hydrogens (tertiary/aromatic N) is 4. The van der Waals surface area contributed by atoms with E-state index in [1.807, 2.05) is 27.1 Å². The van der Waals surface area contributed by atoms with Crippen molar-refractivity contribution in [2.24, 2.45) is 7.05 Å². The molecule has 0 unspecified atom stereocenters. The van der Waals surface area contributed by atoms with Crippen LogP contribution < -0.4 is 5.32 Å². The molecule has 0 spiro atoms. The summed E-state index contributed by atoms with van der Waals surface area (Å²) in [5, 5.41) is 7.78. The smallest absolute Gasteiger partial charge is 0.165 e. The summed E-state index contributed by atoms with van der Waals surface area (Å²) < 4.78 is 1.80. The second-order valence-electron chi connectivity index (χ2n) is 5.04. The SMILES string of the molecule is CCCNc1nc(-c2cn(C)nc2C)nc(C)c1CC. The lowest BCUT2D eigenvalue weighted by atomic mass is 10.1. The quantitative estimate of drug-likeness (QED) is 0.910. The predicted molar refractivity (Wildman–Crippen MR) is 81.9 cm³/mol. The van der Waals surface area contributed by atoms with Gasteiger partial charge in [-0.15, -0.1) is 0 Å². The van der Waals surface area contributed by atoms with Crippen LogP contribution >= 0.6 is 0 Å².